The summed E-state index contributed by atoms with van der Waals surface area (Å²) in [4.78, 5) is 16.3. The van der Waals surface area contributed by atoms with E-state index in [4.69, 9.17) is 27.9 Å². The Labute approximate surface area is 191 Å². The molecule has 1 heterocycles. The van der Waals surface area contributed by atoms with Crippen LogP contribution in [0.5, 0.6) is 5.75 Å². The van der Waals surface area contributed by atoms with Crippen LogP contribution < -0.4 is 20.7 Å². The summed E-state index contributed by atoms with van der Waals surface area (Å²) in [6.45, 7) is 1.47. The Kier molecular flexibility index (Phi) is 10.5. The highest BCUT2D eigenvalue weighted by Crippen LogP contribution is 2.24. The predicted molar refractivity (Wildman–Crippen MR) is 124 cm³/mol. The Morgan fingerprint density at radius 1 is 1.18 bits per heavy atom. The number of aromatic nitrogens is 1. The Balaban J connectivity index is 0.00000392. The van der Waals surface area contributed by atoms with Crippen molar-refractivity contribution in [2.45, 2.75) is 6.54 Å². The Hall–Kier alpha value is -1.65. The third kappa shape index (κ3) is 6.75. The zero-order valence-electron chi connectivity index (χ0n) is 15.9. The Morgan fingerprint density at radius 2 is 1.89 bits per heavy atom. The van der Waals surface area contributed by atoms with Gasteiger partial charge >= 0.3 is 0 Å². The molecule has 0 radical (unpaired) electrons. The van der Waals surface area contributed by atoms with Crippen molar-refractivity contribution in [2.24, 2.45) is 12.0 Å². The van der Waals surface area contributed by atoms with Gasteiger partial charge in [-0.15, -0.1) is 24.0 Å². The standard InChI is InChI=1S/C18H23Cl2N5O2.HI/c1-21-18(24-11-13-10-15(19)16(20)25(13)2)23-8-7-22-17(26)12-5-4-6-14(9-12)27-3;/h4-6,9-10H,7-8,11H2,1-3H3,(H,22,26)(H2,21,23,24);1H. The molecule has 1 aromatic heterocycles. The first-order chi connectivity index (χ1) is 13.0. The minimum Gasteiger partial charge on any atom is -0.497 e. The van der Waals surface area contributed by atoms with Crippen LogP contribution in [0.2, 0.25) is 10.2 Å². The Bertz CT molecular complexity index is 826. The van der Waals surface area contributed by atoms with Gasteiger partial charge in [0.2, 0.25) is 0 Å². The van der Waals surface area contributed by atoms with Crippen molar-refractivity contribution < 1.29 is 9.53 Å². The van der Waals surface area contributed by atoms with E-state index < -0.39 is 0 Å². The lowest BCUT2D eigenvalue weighted by atomic mass is 10.2. The molecule has 0 atom stereocenters. The number of ether oxygens (including phenoxy) is 1. The van der Waals surface area contributed by atoms with Gasteiger partial charge in [0.1, 0.15) is 10.9 Å². The van der Waals surface area contributed by atoms with E-state index in [1.807, 2.05) is 7.05 Å². The number of rotatable bonds is 7. The van der Waals surface area contributed by atoms with E-state index in [1.54, 1.807) is 49.1 Å². The van der Waals surface area contributed by atoms with Crippen LogP contribution in [0.25, 0.3) is 0 Å². The fourth-order valence-corrected chi connectivity index (χ4v) is 2.79. The average Bonchev–Trinajstić information content (AvgIpc) is 2.94. The molecule has 2 aromatic rings. The molecule has 0 unspecified atom stereocenters. The van der Waals surface area contributed by atoms with Gasteiger partial charge in [0.15, 0.2) is 5.96 Å². The number of aliphatic imine (C=N–C) groups is 1. The first-order valence-corrected chi connectivity index (χ1v) is 9.08. The fourth-order valence-electron chi connectivity index (χ4n) is 2.38. The molecule has 1 aromatic carbocycles. The van der Waals surface area contributed by atoms with Crippen molar-refractivity contribution in [3.63, 3.8) is 0 Å². The largest absolute Gasteiger partial charge is 0.497 e. The van der Waals surface area contributed by atoms with Crippen LogP contribution in [-0.2, 0) is 13.6 Å². The number of hydrogen-bond acceptors (Lipinski definition) is 3. The zero-order chi connectivity index (χ0) is 19.8. The van der Waals surface area contributed by atoms with E-state index in [2.05, 4.69) is 20.9 Å². The first kappa shape index (κ1) is 24.4. The number of hydrogen-bond donors (Lipinski definition) is 3. The maximum absolute atomic E-state index is 12.1. The molecule has 2 rings (SSSR count). The van der Waals surface area contributed by atoms with Crippen LogP contribution in [-0.4, -0.2) is 43.7 Å². The molecular formula is C18H24Cl2IN5O2. The second kappa shape index (κ2) is 12.0. The van der Waals surface area contributed by atoms with Crippen molar-refractivity contribution in [3.8, 4) is 5.75 Å². The van der Waals surface area contributed by atoms with E-state index in [9.17, 15) is 4.79 Å². The normalized spacial score (nSPS) is 10.8. The number of nitrogens with zero attached hydrogens (tertiary/aromatic N) is 2. The van der Waals surface area contributed by atoms with E-state index in [0.717, 1.165) is 5.69 Å². The molecule has 0 aliphatic carbocycles. The summed E-state index contributed by atoms with van der Waals surface area (Å²) in [7, 11) is 5.08. The highest BCUT2D eigenvalue weighted by molar-refractivity contribution is 14.0. The molecule has 0 bridgehead atoms. The molecule has 0 saturated heterocycles. The number of carbonyl (C=O) groups is 1. The summed E-state index contributed by atoms with van der Waals surface area (Å²) < 4.78 is 6.93. The summed E-state index contributed by atoms with van der Waals surface area (Å²) in [6, 6.07) is 8.81. The van der Waals surface area contributed by atoms with Gasteiger partial charge in [-0.2, -0.15) is 0 Å². The minimum absolute atomic E-state index is 0. The van der Waals surface area contributed by atoms with Gasteiger partial charge in [0.25, 0.3) is 5.91 Å². The number of halogens is 3. The van der Waals surface area contributed by atoms with Crippen molar-refractivity contribution in [1.29, 1.82) is 0 Å². The van der Waals surface area contributed by atoms with Gasteiger partial charge in [-0.05, 0) is 24.3 Å². The lowest BCUT2D eigenvalue weighted by molar-refractivity contribution is 0.0954. The highest BCUT2D eigenvalue weighted by atomic mass is 127. The van der Waals surface area contributed by atoms with E-state index >= 15 is 0 Å². The average molecular weight is 540 g/mol. The zero-order valence-corrected chi connectivity index (χ0v) is 19.7. The number of nitrogens with one attached hydrogen (secondary N) is 3. The second-order valence-corrected chi connectivity index (χ2v) is 6.44. The summed E-state index contributed by atoms with van der Waals surface area (Å²) >= 11 is 12.1. The van der Waals surface area contributed by atoms with Gasteiger partial charge in [0, 0.05) is 38.4 Å². The number of amides is 1. The predicted octanol–water partition coefficient (Wildman–Crippen LogP) is 3.05. The molecule has 3 N–H and O–H groups in total. The summed E-state index contributed by atoms with van der Waals surface area (Å²) in [5, 5.41) is 10.2. The first-order valence-electron chi connectivity index (χ1n) is 8.32. The maximum Gasteiger partial charge on any atom is 0.251 e. The molecular weight excluding hydrogens is 516 g/mol. The van der Waals surface area contributed by atoms with Gasteiger partial charge in [-0.25, -0.2) is 0 Å². The second-order valence-electron chi connectivity index (χ2n) is 5.67. The van der Waals surface area contributed by atoms with Crippen LogP contribution in [0.3, 0.4) is 0 Å². The van der Waals surface area contributed by atoms with Crippen LogP contribution in [0, 0.1) is 0 Å². The third-order valence-electron chi connectivity index (χ3n) is 3.91. The number of carbonyl (C=O) groups excluding carboxylic acids is 1. The fraction of sp³-hybridized carbons (Fsp3) is 0.333. The van der Waals surface area contributed by atoms with Crippen LogP contribution >= 0.6 is 47.2 Å². The van der Waals surface area contributed by atoms with Crippen LogP contribution in [0.1, 0.15) is 16.1 Å². The lowest BCUT2D eigenvalue weighted by Crippen LogP contribution is -2.41. The van der Waals surface area contributed by atoms with Gasteiger partial charge in [0.05, 0.1) is 18.7 Å². The summed E-state index contributed by atoms with van der Waals surface area (Å²) in [5.41, 5.74) is 1.48. The van der Waals surface area contributed by atoms with E-state index in [0.29, 0.717) is 47.1 Å². The summed E-state index contributed by atoms with van der Waals surface area (Å²) in [6.07, 6.45) is 0. The topological polar surface area (TPSA) is 79.7 Å². The van der Waals surface area contributed by atoms with Crippen LogP contribution in [0.15, 0.2) is 35.3 Å². The third-order valence-corrected chi connectivity index (χ3v) is 4.75. The van der Waals surface area contributed by atoms with E-state index in [-0.39, 0.29) is 29.9 Å². The molecule has 0 spiro atoms. The van der Waals surface area contributed by atoms with E-state index in [1.165, 1.54) is 0 Å². The lowest BCUT2D eigenvalue weighted by Gasteiger charge is -2.13. The maximum atomic E-state index is 12.1. The van der Waals surface area contributed by atoms with Crippen LogP contribution in [0.4, 0.5) is 0 Å². The Morgan fingerprint density at radius 3 is 2.50 bits per heavy atom. The van der Waals surface area contributed by atoms with Crippen molar-refractivity contribution in [2.75, 3.05) is 27.2 Å². The van der Waals surface area contributed by atoms with Gasteiger partial charge in [-0.3, -0.25) is 9.79 Å². The van der Waals surface area contributed by atoms with Crippen molar-refractivity contribution in [1.82, 2.24) is 20.5 Å². The van der Waals surface area contributed by atoms with Crippen molar-refractivity contribution >= 4 is 59.0 Å². The minimum atomic E-state index is -0.160. The molecule has 154 valence electrons. The smallest absolute Gasteiger partial charge is 0.251 e. The molecule has 0 saturated carbocycles. The number of guanidine groups is 1. The summed E-state index contributed by atoms with van der Waals surface area (Å²) in [5.74, 6) is 1.09. The molecule has 28 heavy (non-hydrogen) atoms. The molecule has 1 amide bonds. The number of methoxy groups -OCH3 is 1. The van der Waals surface area contributed by atoms with Crippen molar-refractivity contribution in [3.05, 3.63) is 51.8 Å². The molecule has 0 fully saturated rings. The molecule has 10 heteroatoms. The van der Waals surface area contributed by atoms with Gasteiger partial charge in [-0.1, -0.05) is 29.3 Å². The van der Waals surface area contributed by atoms with Gasteiger partial charge < -0.3 is 25.3 Å². The highest BCUT2D eigenvalue weighted by Gasteiger charge is 2.09. The SMILES string of the molecule is CN=C(NCCNC(=O)c1cccc(OC)c1)NCc1cc(Cl)c(Cl)n1C.I. The monoisotopic (exact) mass is 539 g/mol. The quantitative estimate of drug-likeness (QED) is 0.219. The molecule has 0 aliphatic heterocycles. The molecule has 7 nitrogen and oxygen atoms in total. The molecule has 0 aliphatic rings. The number of benzene rings is 1.